The molecule has 1 saturated carbocycles. The van der Waals surface area contributed by atoms with Crippen molar-refractivity contribution in [2.24, 2.45) is 0 Å². The summed E-state index contributed by atoms with van der Waals surface area (Å²) in [5.41, 5.74) is 6.87. The van der Waals surface area contributed by atoms with Gasteiger partial charge >= 0.3 is 0 Å². The van der Waals surface area contributed by atoms with E-state index in [1.807, 2.05) is 12.1 Å². The van der Waals surface area contributed by atoms with Crippen LogP contribution in [0.1, 0.15) is 24.5 Å². The Bertz CT molecular complexity index is 561. The van der Waals surface area contributed by atoms with Crippen molar-refractivity contribution >= 4 is 44.7 Å². The van der Waals surface area contributed by atoms with Crippen LogP contribution in [0.2, 0.25) is 4.34 Å². The summed E-state index contributed by atoms with van der Waals surface area (Å²) in [5, 5.41) is 0. The molecule has 0 radical (unpaired) electrons. The van der Waals surface area contributed by atoms with Gasteiger partial charge in [0, 0.05) is 22.2 Å². The highest BCUT2D eigenvalue weighted by Gasteiger charge is 2.26. The van der Waals surface area contributed by atoms with Gasteiger partial charge in [-0.15, -0.1) is 11.3 Å². The lowest BCUT2D eigenvalue weighted by Gasteiger charge is -2.02. The smallest absolute Gasteiger partial charge is 0.171 e. The van der Waals surface area contributed by atoms with Crippen LogP contribution in [0.25, 0.3) is 10.7 Å². The van der Waals surface area contributed by atoms with E-state index in [9.17, 15) is 0 Å². The third-order valence-electron chi connectivity index (χ3n) is 2.63. The Labute approximate surface area is 116 Å². The number of thiophene rings is 1. The Balaban J connectivity index is 2.07. The molecule has 88 valence electrons. The molecule has 3 rings (SSSR count). The number of nitrogen functional groups attached to an aromatic ring is 1. The molecule has 0 spiro atoms. The van der Waals surface area contributed by atoms with E-state index in [0.717, 1.165) is 15.0 Å². The molecule has 2 heterocycles. The molecule has 2 N–H and O–H groups in total. The molecule has 0 saturated heterocycles. The van der Waals surface area contributed by atoms with Crippen molar-refractivity contribution in [2.45, 2.75) is 18.8 Å². The number of halogens is 2. The molecule has 2 aromatic rings. The number of anilines is 1. The molecule has 1 aliphatic rings. The van der Waals surface area contributed by atoms with E-state index in [2.05, 4.69) is 25.9 Å². The number of nitrogens with two attached hydrogens (primary N) is 1. The first-order chi connectivity index (χ1) is 8.13. The zero-order valence-electron chi connectivity index (χ0n) is 8.78. The fourth-order valence-corrected chi connectivity index (χ4v) is 3.28. The van der Waals surface area contributed by atoms with Crippen LogP contribution in [0.15, 0.2) is 16.6 Å². The topological polar surface area (TPSA) is 51.8 Å². The lowest BCUT2D eigenvalue weighted by Crippen LogP contribution is -1.98. The lowest BCUT2D eigenvalue weighted by molar-refractivity contribution is 1.00. The quantitative estimate of drug-likeness (QED) is 0.902. The normalized spacial score (nSPS) is 15.2. The van der Waals surface area contributed by atoms with Crippen LogP contribution in [-0.4, -0.2) is 9.97 Å². The fraction of sp³-hybridized carbons (Fsp3) is 0.273. The number of hydrogen-bond acceptors (Lipinski definition) is 4. The Morgan fingerprint density at radius 2 is 2.12 bits per heavy atom. The second-order valence-electron chi connectivity index (χ2n) is 4.05. The third kappa shape index (κ3) is 2.32. The van der Waals surface area contributed by atoms with Crippen molar-refractivity contribution in [3.63, 3.8) is 0 Å². The van der Waals surface area contributed by atoms with Gasteiger partial charge in [-0.2, -0.15) is 0 Å². The maximum atomic E-state index is 6.02. The zero-order valence-corrected chi connectivity index (χ0v) is 11.9. The fourth-order valence-electron chi connectivity index (χ4n) is 1.64. The molecular weight excluding hydrogens is 322 g/mol. The van der Waals surface area contributed by atoms with Crippen molar-refractivity contribution in [2.75, 3.05) is 5.73 Å². The summed E-state index contributed by atoms with van der Waals surface area (Å²) in [6.45, 7) is 0. The minimum atomic E-state index is 0.526. The Hall–Kier alpha value is -0.650. The maximum Gasteiger partial charge on any atom is 0.171 e. The monoisotopic (exact) mass is 329 g/mol. The number of aromatic nitrogens is 2. The standard InChI is InChI=1S/C11H9BrClN3S/c12-6-3-8(17-10(6)13)11-15-7(5-1-2-5)4-9(14)16-11/h3-5H,1-2H2,(H2,14,15,16). The van der Waals surface area contributed by atoms with E-state index >= 15 is 0 Å². The molecule has 0 bridgehead atoms. The summed E-state index contributed by atoms with van der Waals surface area (Å²) in [4.78, 5) is 9.77. The van der Waals surface area contributed by atoms with Gasteiger partial charge in [-0.3, -0.25) is 0 Å². The first-order valence-electron chi connectivity index (χ1n) is 5.23. The number of rotatable bonds is 2. The van der Waals surface area contributed by atoms with Gasteiger partial charge in [-0.25, -0.2) is 9.97 Å². The van der Waals surface area contributed by atoms with Crippen LogP contribution in [0, 0.1) is 0 Å². The van der Waals surface area contributed by atoms with Crippen molar-refractivity contribution in [3.8, 4) is 10.7 Å². The van der Waals surface area contributed by atoms with Gasteiger partial charge in [-0.1, -0.05) is 11.6 Å². The molecule has 0 aromatic carbocycles. The molecule has 17 heavy (non-hydrogen) atoms. The first kappa shape index (κ1) is 11.4. The average molecular weight is 331 g/mol. The molecule has 0 unspecified atom stereocenters. The van der Waals surface area contributed by atoms with Crippen LogP contribution in [-0.2, 0) is 0 Å². The highest BCUT2D eigenvalue weighted by molar-refractivity contribution is 9.10. The Kier molecular flexibility index (Phi) is 2.84. The van der Waals surface area contributed by atoms with E-state index < -0.39 is 0 Å². The van der Waals surface area contributed by atoms with Gasteiger partial charge in [0.25, 0.3) is 0 Å². The second-order valence-corrected chi connectivity index (χ2v) is 6.56. The van der Waals surface area contributed by atoms with E-state index in [4.69, 9.17) is 17.3 Å². The van der Waals surface area contributed by atoms with E-state index in [1.54, 1.807) is 0 Å². The molecular formula is C11H9BrClN3S. The summed E-state index contributed by atoms with van der Waals surface area (Å²) in [7, 11) is 0. The van der Waals surface area contributed by atoms with Gasteiger partial charge in [0.05, 0.1) is 4.88 Å². The Morgan fingerprint density at radius 3 is 2.71 bits per heavy atom. The highest BCUT2D eigenvalue weighted by Crippen LogP contribution is 2.41. The molecule has 1 aliphatic carbocycles. The van der Waals surface area contributed by atoms with Crippen molar-refractivity contribution < 1.29 is 0 Å². The van der Waals surface area contributed by atoms with Crippen LogP contribution in [0.4, 0.5) is 5.82 Å². The molecule has 0 aliphatic heterocycles. The lowest BCUT2D eigenvalue weighted by atomic mass is 10.2. The largest absolute Gasteiger partial charge is 0.384 e. The predicted molar refractivity (Wildman–Crippen MR) is 74.4 cm³/mol. The van der Waals surface area contributed by atoms with E-state index in [-0.39, 0.29) is 0 Å². The number of hydrogen-bond donors (Lipinski definition) is 1. The van der Waals surface area contributed by atoms with Crippen molar-refractivity contribution in [1.29, 1.82) is 0 Å². The van der Waals surface area contributed by atoms with Gasteiger partial charge in [0.15, 0.2) is 5.82 Å². The predicted octanol–water partition coefficient (Wildman–Crippen LogP) is 4.08. The van der Waals surface area contributed by atoms with Gasteiger partial charge < -0.3 is 5.73 Å². The minimum Gasteiger partial charge on any atom is -0.384 e. The molecule has 6 heteroatoms. The van der Waals surface area contributed by atoms with Gasteiger partial charge in [0.1, 0.15) is 10.2 Å². The van der Waals surface area contributed by atoms with Crippen molar-refractivity contribution in [3.05, 3.63) is 26.6 Å². The maximum absolute atomic E-state index is 6.02. The molecule has 0 atom stereocenters. The second kappa shape index (κ2) is 4.23. The van der Waals surface area contributed by atoms with Crippen LogP contribution in [0.5, 0.6) is 0 Å². The van der Waals surface area contributed by atoms with Gasteiger partial charge in [-0.05, 0) is 34.8 Å². The molecule has 2 aromatic heterocycles. The van der Waals surface area contributed by atoms with Crippen LogP contribution >= 0.6 is 38.9 Å². The summed E-state index contributed by atoms with van der Waals surface area (Å²) < 4.78 is 1.58. The minimum absolute atomic E-state index is 0.526. The molecule has 3 nitrogen and oxygen atoms in total. The number of nitrogens with zero attached hydrogens (tertiary/aromatic N) is 2. The summed E-state index contributed by atoms with van der Waals surface area (Å²) >= 11 is 10.9. The van der Waals surface area contributed by atoms with Crippen molar-refractivity contribution in [1.82, 2.24) is 9.97 Å². The van der Waals surface area contributed by atoms with Gasteiger partial charge in [0.2, 0.25) is 0 Å². The van der Waals surface area contributed by atoms with Crippen LogP contribution in [0.3, 0.4) is 0 Å². The average Bonchev–Trinajstić information content (AvgIpc) is 3.06. The zero-order chi connectivity index (χ0) is 12.0. The molecule has 0 amide bonds. The first-order valence-corrected chi connectivity index (χ1v) is 7.22. The summed E-state index contributed by atoms with van der Waals surface area (Å²) in [5.74, 6) is 1.76. The Morgan fingerprint density at radius 1 is 1.35 bits per heavy atom. The third-order valence-corrected chi connectivity index (χ3v) is 5.10. The van der Waals surface area contributed by atoms with Crippen LogP contribution < -0.4 is 5.73 Å². The van der Waals surface area contributed by atoms with E-state index in [1.165, 1.54) is 24.2 Å². The summed E-state index contributed by atoms with van der Waals surface area (Å²) in [6, 6.07) is 3.80. The highest BCUT2D eigenvalue weighted by atomic mass is 79.9. The SMILES string of the molecule is Nc1cc(C2CC2)nc(-c2cc(Br)c(Cl)s2)n1. The summed E-state index contributed by atoms with van der Waals surface area (Å²) in [6.07, 6.45) is 2.40. The molecule has 1 fully saturated rings. The van der Waals surface area contributed by atoms with E-state index in [0.29, 0.717) is 21.9 Å².